The molecule has 2 atom stereocenters. The number of aromatic nitrogens is 2. The van der Waals surface area contributed by atoms with E-state index in [0.29, 0.717) is 6.42 Å². The van der Waals surface area contributed by atoms with Crippen LogP contribution in [0.5, 0.6) is 5.75 Å². The number of pyridine rings is 2. The van der Waals surface area contributed by atoms with Crippen molar-refractivity contribution < 1.29 is 9.84 Å². The van der Waals surface area contributed by atoms with Crippen LogP contribution in [-0.2, 0) is 6.54 Å². The van der Waals surface area contributed by atoms with Gasteiger partial charge in [-0.2, -0.15) is 0 Å². The quantitative estimate of drug-likeness (QED) is 0.935. The van der Waals surface area contributed by atoms with Crippen LogP contribution >= 0.6 is 0 Å². The minimum Gasteiger partial charge on any atom is -0.486 e. The summed E-state index contributed by atoms with van der Waals surface area (Å²) in [6, 6.07) is 9.88. The summed E-state index contributed by atoms with van der Waals surface area (Å²) in [5.74, 6) is 0.760. The minimum absolute atomic E-state index is 0.191. The third-order valence-electron chi connectivity index (χ3n) is 4.47. The molecule has 2 aromatic heterocycles. The third-order valence-corrected chi connectivity index (χ3v) is 4.47. The molecule has 24 heavy (non-hydrogen) atoms. The molecule has 0 unspecified atom stereocenters. The molecular formula is C19H25N3O2. The highest BCUT2D eigenvalue weighted by molar-refractivity contribution is 5.25. The van der Waals surface area contributed by atoms with Crippen LogP contribution in [-0.4, -0.2) is 45.3 Å². The zero-order chi connectivity index (χ0) is 16.9. The number of likely N-dealkylation sites (tertiary alicyclic amines) is 1. The van der Waals surface area contributed by atoms with Gasteiger partial charge in [-0.25, -0.2) is 0 Å². The van der Waals surface area contributed by atoms with E-state index in [9.17, 15) is 5.11 Å². The Bertz CT molecular complexity index is 677. The second-order valence-electron chi connectivity index (χ2n) is 6.43. The molecule has 3 rings (SSSR count). The second kappa shape index (κ2) is 7.73. The normalized spacial score (nSPS) is 22.1. The third kappa shape index (κ3) is 4.30. The van der Waals surface area contributed by atoms with Gasteiger partial charge in [0.25, 0.3) is 0 Å². The van der Waals surface area contributed by atoms with Gasteiger partial charge >= 0.3 is 0 Å². The molecule has 0 aliphatic carbocycles. The van der Waals surface area contributed by atoms with Gasteiger partial charge in [0.15, 0.2) is 0 Å². The zero-order valence-electron chi connectivity index (χ0n) is 14.4. The molecule has 1 N–H and O–H groups in total. The molecule has 1 aliphatic heterocycles. The molecule has 5 nitrogen and oxygen atoms in total. The summed E-state index contributed by atoms with van der Waals surface area (Å²) >= 11 is 0. The van der Waals surface area contributed by atoms with Gasteiger partial charge < -0.3 is 9.84 Å². The molecule has 0 spiro atoms. The van der Waals surface area contributed by atoms with Crippen LogP contribution in [0.25, 0.3) is 0 Å². The fourth-order valence-electron chi connectivity index (χ4n) is 3.08. The maximum Gasteiger partial charge on any atom is 0.141 e. The first kappa shape index (κ1) is 16.9. The highest BCUT2D eigenvalue weighted by Crippen LogP contribution is 2.22. The topological polar surface area (TPSA) is 58.5 Å². The smallest absolute Gasteiger partial charge is 0.141 e. The Morgan fingerprint density at radius 3 is 2.79 bits per heavy atom. The van der Waals surface area contributed by atoms with Crippen molar-refractivity contribution in [2.75, 3.05) is 13.1 Å². The number of ether oxygens (including phenoxy) is 1. The van der Waals surface area contributed by atoms with E-state index in [1.807, 2.05) is 38.1 Å². The summed E-state index contributed by atoms with van der Waals surface area (Å²) in [6.07, 6.45) is 2.60. The SMILES string of the molecule is Cc1cccc(CN2CC[C@H](Oc3cccnc3C)[C@@H](O)CC2)n1. The van der Waals surface area contributed by atoms with E-state index in [1.165, 1.54) is 0 Å². The number of nitrogens with zero attached hydrogens (tertiary/aromatic N) is 3. The van der Waals surface area contributed by atoms with Gasteiger partial charge in [-0.3, -0.25) is 14.9 Å². The van der Waals surface area contributed by atoms with Gasteiger partial charge in [0.1, 0.15) is 11.9 Å². The van der Waals surface area contributed by atoms with Crippen molar-refractivity contribution in [3.63, 3.8) is 0 Å². The molecule has 0 saturated carbocycles. The Hall–Kier alpha value is -1.98. The van der Waals surface area contributed by atoms with Crippen LogP contribution < -0.4 is 4.74 Å². The van der Waals surface area contributed by atoms with Crippen LogP contribution in [0.4, 0.5) is 0 Å². The highest BCUT2D eigenvalue weighted by Gasteiger charge is 2.27. The van der Waals surface area contributed by atoms with Gasteiger partial charge in [0, 0.05) is 31.5 Å². The lowest BCUT2D eigenvalue weighted by Crippen LogP contribution is -2.31. The summed E-state index contributed by atoms with van der Waals surface area (Å²) < 4.78 is 6.04. The van der Waals surface area contributed by atoms with Crippen molar-refractivity contribution in [1.82, 2.24) is 14.9 Å². The highest BCUT2D eigenvalue weighted by atomic mass is 16.5. The number of rotatable bonds is 4. The maximum atomic E-state index is 10.4. The van der Waals surface area contributed by atoms with E-state index in [-0.39, 0.29) is 6.10 Å². The average Bonchev–Trinajstić information content (AvgIpc) is 2.73. The summed E-state index contributed by atoms with van der Waals surface area (Å²) in [5.41, 5.74) is 2.97. The summed E-state index contributed by atoms with van der Waals surface area (Å²) in [4.78, 5) is 11.2. The molecule has 2 aromatic rings. The number of aliphatic hydroxyl groups excluding tert-OH is 1. The molecule has 5 heteroatoms. The number of aliphatic hydroxyl groups is 1. The van der Waals surface area contributed by atoms with Gasteiger partial charge in [-0.1, -0.05) is 6.07 Å². The molecule has 3 heterocycles. The fraction of sp³-hybridized carbons (Fsp3) is 0.474. The van der Waals surface area contributed by atoms with Crippen LogP contribution in [0, 0.1) is 13.8 Å². The maximum absolute atomic E-state index is 10.4. The Labute approximate surface area is 143 Å². The lowest BCUT2D eigenvalue weighted by Gasteiger charge is -2.22. The Morgan fingerprint density at radius 2 is 2.00 bits per heavy atom. The number of hydrogen-bond acceptors (Lipinski definition) is 5. The van der Waals surface area contributed by atoms with Crippen molar-refractivity contribution in [3.8, 4) is 5.75 Å². The van der Waals surface area contributed by atoms with Crippen LogP contribution in [0.2, 0.25) is 0 Å². The van der Waals surface area contributed by atoms with Crippen molar-refractivity contribution in [1.29, 1.82) is 0 Å². The van der Waals surface area contributed by atoms with E-state index in [2.05, 4.69) is 20.9 Å². The second-order valence-corrected chi connectivity index (χ2v) is 6.43. The van der Waals surface area contributed by atoms with Gasteiger partial charge in [-0.05, 0) is 51.0 Å². The lowest BCUT2D eigenvalue weighted by molar-refractivity contribution is 0.0343. The summed E-state index contributed by atoms with van der Waals surface area (Å²) in [5, 5.41) is 10.4. The van der Waals surface area contributed by atoms with E-state index in [1.54, 1.807) is 6.20 Å². The zero-order valence-corrected chi connectivity index (χ0v) is 14.4. The van der Waals surface area contributed by atoms with Crippen molar-refractivity contribution in [2.45, 2.75) is 45.4 Å². The summed E-state index contributed by atoms with van der Waals surface area (Å²) in [6.45, 7) is 6.48. The van der Waals surface area contributed by atoms with E-state index >= 15 is 0 Å². The Balaban J connectivity index is 1.62. The molecule has 1 saturated heterocycles. The fourth-order valence-corrected chi connectivity index (χ4v) is 3.08. The standard InChI is InChI=1S/C19H25N3O2/c1-14-5-3-6-16(21-14)13-22-11-8-17(23)19(9-12-22)24-18-7-4-10-20-15(18)2/h3-7,10,17,19,23H,8-9,11-13H2,1-2H3/t17-,19-/m0/s1. The lowest BCUT2D eigenvalue weighted by atomic mass is 10.1. The molecular weight excluding hydrogens is 302 g/mol. The summed E-state index contributed by atoms with van der Waals surface area (Å²) in [7, 11) is 0. The van der Waals surface area contributed by atoms with Crippen molar-refractivity contribution in [2.24, 2.45) is 0 Å². The Kier molecular flexibility index (Phi) is 5.43. The molecule has 0 bridgehead atoms. The molecule has 128 valence electrons. The van der Waals surface area contributed by atoms with E-state index in [4.69, 9.17) is 4.74 Å². The average molecular weight is 327 g/mol. The number of hydrogen-bond donors (Lipinski definition) is 1. The molecule has 1 aliphatic rings. The largest absolute Gasteiger partial charge is 0.486 e. The van der Waals surface area contributed by atoms with Gasteiger partial charge in [0.2, 0.25) is 0 Å². The van der Waals surface area contributed by atoms with E-state index in [0.717, 1.165) is 48.9 Å². The molecule has 1 fully saturated rings. The molecule has 0 radical (unpaired) electrons. The van der Waals surface area contributed by atoms with E-state index < -0.39 is 6.10 Å². The predicted octanol–water partition coefficient (Wildman–Crippen LogP) is 2.50. The first-order valence-corrected chi connectivity index (χ1v) is 8.53. The van der Waals surface area contributed by atoms with Crippen LogP contribution in [0.1, 0.15) is 29.9 Å². The minimum atomic E-state index is -0.458. The van der Waals surface area contributed by atoms with Crippen LogP contribution in [0.3, 0.4) is 0 Å². The van der Waals surface area contributed by atoms with Crippen LogP contribution in [0.15, 0.2) is 36.5 Å². The van der Waals surface area contributed by atoms with Gasteiger partial charge in [-0.15, -0.1) is 0 Å². The van der Waals surface area contributed by atoms with Crippen molar-refractivity contribution in [3.05, 3.63) is 53.6 Å². The molecule has 0 amide bonds. The number of aryl methyl sites for hydroxylation is 2. The monoisotopic (exact) mass is 327 g/mol. The Morgan fingerprint density at radius 1 is 1.17 bits per heavy atom. The predicted molar refractivity (Wildman–Crippen MR) is 92.9 cm³/mol. The first-order valence-electron chi connectivity index (χ1n) is 8.53. The van der Waals surface area contributed by atoms with Gasteiger partial charge in [0.05, 0.1) is 17.5 Å². The first-order chi connectivity index (χ1) is 11.6. The van der Waals surface area contributed by atoms with Crippen molar-refractivity contribution >= 4 is 0 Å². The molecule has 0 aromatic carbocycles.